The van der Waals surface area contributed by atoms with Crippen LogP contribution in [0.15, 0.2) is 48.5 Å². The Hall–Kier alpha value is -2.62. The van der Waals surface area contributed by atoms with E-state index in [0.29, 0.717) is 5.69 Å². The number of para-hydroxylation sites is 1. The van der Waals surface area contributed by atoms with E-state index in [1.165, 1.54) is 4.90 Å². The molecular weight excluding hydrogens is 276 g/mol. The Bertz CT molecular complexity index is 739. The van der Waals surface area contributed by atoms with Crippen LogP contribution < -0.4 is 10.2 Å². The highest BCUT2D eigenvalue weighted by molar-refractivity contribution is 6.23. The van der Waals surface area contributed by atoms with Crippen LogP contribution in [0, 0.1) is 13.8 Å². The maximum atomic E-state index is 12.6. The fraction of sp³-hybridized carbons (Fsp3) is 0.222. The Labute approximate surface area is 129 Å². The Balaban J connectivity index is 1.84. The van der Waals surface area contributed by atoms with Gasteiger partial charge in [0.1, 0.15) is 6.04 Å². The highest BCUT2D eigenvalue weighted by atomic mass is 16.2. The van der Waals surface area contributed by atoms with E-state index < -0.39 is 6.04 Å². The molecule has 0 aromatic heterocycles. The van der Waals surface area contributed by atoms with Crippen molar-refractivity contribution in [2.24, 2.45) is 0 Å². The molecule has 2 aromatic rings. The van der Waals surface area contributed by atoms with Gasteiger partial charge in [0, 0.05) is 5.69 Å². The van der Waals surface area contributed by atoms with E-state index in [0.717, 1.165) is 16.8 Å². The van der Waals surface area contributed by atoms with Gasteiger partial charge >= 0.3 is 0 Å². The minimum absolute atomic E-state index is 0.163. The summed E-state index contributed by atoms with van der Waals surface area (Å²) in [6, 6.07) is 14.7. The number of nitrogens with zero attached hydrogens (tertiary/aromatic N) is 1. The van der Waals surface area contributed by atoms with Crippen molar-refractivity contribution in [2.75, 3.05) is 10.2 Å². The van der Waals surface area contributed by atoms with Crippen LogP contribution in [-0.2, 0) is 9.59 Å². The van der Waals surface area contributed by atoms with Crippen LogP contribution in [0.25, 0.3) is 0 Å². The Kier molecular flexibility index (Phi) is 3.67. The predicted molar refractivity (Wildman–Crippen MR) is 86.9 cm³/mol. The Morgan fingerprint density at radius 1 is 1.05 bits per heavy atom. The lowest BCUT2D eigenvalue weighted by Crippen LogP contribution is -2.35. The number of imide groups is 1. The summed E-state index contributed by atoms with van der Waals surface area (Å²) in [5.74, 6) is -0.356. The van der Waals surface area contributed by atoms with E-state index in [-0.39, 0.29) is 18.2 Å². The molecule has 3 rings (SSSR count). The molecule has 1 aliphatic rings. The number of amides is 2. The molecule has 1 fully saturated rings. The SMILES string of the molecule is Cc1cccc(NC2CC(=O)N(c3ccccc3C)C2=O)c1. The molecule has 1 atom stereocenters. The molecule has 4 heteroatoms. The third kappa shape index (κ3) is 2.60. The summed E-state index contributed by atoms with van der Waals surface area (Å²) in [7, 11) is 0. The monoisotopic (exact) mass is 294 g/mol. The molecule has 2 amide bonds. The van der Waals surface area contributed by atoms with Crippen LogP contribution in [0.5, 0.6) is 0 Å². The first kappa shape index (κ1) is 14.3. The summed E-state index contributed by atoms with van der Waals surface area (Å²) in [5, 5.41) is 3.17. The first-order chi connectivity index (χ1) is 10.6. The first-order valence-electron chi connectivity index (χ1n) is 7.32. The molecule has 1 unspecified atom stereocenters. The van der Waals surface area contributed by atoms with Crippen molar-refractivity contribution in [1.82, 2.24) is 0 Å². The second-order valence-electron chi connectivity index (χ2n) is 5.62. The zero-order valence-electron chi connectivity index (χ0n) is 12.7. The van der Waals surface area contributed by atoms with Gasteiger partial charge in [-0.1, -0.05) is 30.3 Å². The zero-order valence-corrected chi connectivity index (χ0v) is 12.7. The average molecular weight is 294 g/mol. The molecule has 4 nitrogen and oxygen atoms in total. The highest BCUT2D eigenvalue weighted by Gasteiger charge is 2.39. The Morgan fingerprint density at radius 3 is 2.55 bits per heavy atom. The molecule has 22 heavy (non-hydrogen) atoms. The number of rotatable bonds is 3. The van der Waals surface area contributed by atoms with Crippen molar-refractivity contribution < 1.29 is 9.59 Å². The van der Waals surface area contributed by atoms with Crippen LogP contribution in [-0.4, -0.2) is 17.9 Å². The fourth-order valence-corrected chi connectivity index (χ4v) is 2.75. The molecule has 1 saturated heterocycles. The fourth-order valence-electron chi connectivity index (χ4n) is 2.75. The minimum Gasteiger partial charge on any atom is -0.373 e. The number of carbonyl (C=O) groups excluding carboxylic acids is 2. The number of hydrogen-bond acceptors (Lipinski definition) is 3. The van der Waals surface area contributed by atoms with Gasteiger partial charge in [-0.15, -0.1) is 0 Å². The number of aryl methyl sites for hydroxylation is 2. The maximum absolute atomic E-state index is 12.6. The normalized spacial score (nSPS) is 17.9. The number of anilines is 2. The molecule has 112 valence electrons. The zero-order chi connectivity index (χ0) is 15.7. The number of benzene rings is 2. The van der Waals surface area contributed by atoms with Gasteiger partial charge in [0.25, 0.3) is 5.91 Å². The second kappa shape index (κ2) is 5.64. The van der Waals surface area contributed by atoms with E-state index in [1.807, 2.05) is 56.3 Å². The third-order valence-electron chi connectivity index (χ3n) is 3.86. The highest BCUT2D eigenvalue weighted by Crippen LogP contribution is 2.27. The third-order valence-corrected chi connectivity index (χ3v) is 3.86. The topological polar surface area (TPSA) is 49.4 Å². The van der Waals surface area contributed by atoms with Crippen molar-refractivity contribution in [3.05, 3.63) is 59.7 Å². The molecule has 1 heterocycles. The van der Waals surface area contributed by atoms with Gasteiger partial charge in [-0.2, -0.15) is 0 Å². The van der Waals surface area contributed by atoms with E-state index >= 15 is 0 Å². The predicted octanol–water partition coefficient (Wildman–Crippen LogP) is 3.05. The molecule has 0 bridgehead atoms. The summed E-state index contributed by atoms with van der Waals surface area (Å²) in [6.45, 7) is 3.89. The molecule has 0 aliphatic carbocycles. The second-order valence-corrected chi connectivity index (χ2v) is 5.62. The van der Waals surface area contributed by atoms with Crippen molar-refractivity contribution >= 4 is 23.2 Å². The van der Waals surface area contributed by atoms with Gasteiger partial charge in [-0.05, 0) is 43.2 Å². The molecule has 1 N–H and O–H groups in total. The molecule has 0 radical (unpaired) electrons. The summed E-state index contributed by atoms with van der Waals surface area (Å²) in [4.78, 5) is 26.2. The average Bonchev–Trinajstić information content (AvgIpc) is 2.74. The lowest BCUT2D eigenvalue weighted by Gasteiger charge is -2.18. The number of carbonyl (C=O) groups is 2. The summed E-state index contributed by atoms with van der Waals surface area (Å²) >= 11 is 0. The van der Waals surface area contributed by atoms with Crippen molar-refractivity contribution in [3.63, 3.8) is 0 Å². The largest absolute Gasteiger partial charge is 0.373 e. The van der Waals surface area contributed by atoms with E-state index in [1.54, 1.807) is 6.07 Å². The van der Waals surface area contributed by atoms with Crippen molar-refractivity contribution in [3.8, 4) is 0 Å². The summed E-state index contributed by atoms with van der Waals surface area (Å²) < 4.78 is 0. The lowest BCUT2D eigenvalue weighted by atomic mass is 10.2. The van der Waals surface area contributed by atoms with Crippen molar-refractivity contribution in [2.45, 2.75) is 26.3 Å². The molecule has 2 aromatic carbocycles. The molecular formula is C18H18N2O2. The van der Waals surface area contributed by atoms with Gasteiger partial charge in [-0.25, -0.2) is 4.90 Å². The molecule has 0 saturated carbocycles. The molecule has 0 spiro atoms. The first-order valence-corrected chi connectivity index (χ1v) is 7.32. The van der Waals surface area contributed by atoms with Crippen LogP contribution in [0.2, 0.25) is 0 Å². The molecule has 1 aliphatic heterocycles. The summed E-state index contributed by atoms with van der Waals surface area (Å²) in [5.41, 5.74) is 3.56. The van der Waals surface area contributed by atoms with Crippen LogP contribution >= 0.6 is 0 Å². The van der Waals surface area contributed by atoms with Crippen LogP contribution in [0.3, 0.4) is 0 Å². The van der Waals surface area contributed by atoms with Crippen LogP contribution in [0.1, 0.15) is 17.5 Å². The van der Waals surface area contributed by atoms with E-state index in [2.05, 4.69) is 5.32 Å². The van der Waals surface area contributed by atoms with E-state index in [9.17, 15) is 9.59 Å². The lowest BCUT2D eigenvalue weighted by molar-refractivity contribution is -0.121. The Morgan fingerprint density at radius 2 is 1.82 bits per heavy atom. The van der Waals surface area contributed by atoms with Crippen LogP contribution in [0.4, 0.5) is 11.4 Å². The van der Waals surface area contributed by atoms with Gasteiger partial charge in [0.2, 0.25) is 5.91 Å². The van der Waals surface area contributed by atoms with Crippen molar-refractivity contribution in [1.29, 1.82) is 0 Å². The number of nitrogens with one attached hydrogen (secondary N) is 1. The van der Waals surface area contributed by atoms with E-state index in [4.69, 9.17) is 0 Å². The van der Waals surface area contributed by atoms with Gasteiger partial charge < -0.3 is 5.32 Å². The standard InChI is InChI=1S/C18H18N2O2/c1-12-6-5-8-14(10-12)19-15-11-17(21)20(18(15)22)16-9-4-3-7-13(16)2/h3-10,15,19H,11H2,1-2H3. The summed E-state index contributed by atoms with van der Waals surface area (Å²) in [6.07, 6.45) is 0.182. The van der Waals surface area contributed by atoms with Gasteiger partial charge in [-0.3, -0.25) is 9.59 Å². The number of hydrogen-bond donors (Lipinski definition) is 1. The van der Waals surface area contributed by atoms with Gasteiger partial charge in [0.15, 0.2) is 0 Å². The smallest absolute Gasteiger partial charge is 0.256 e. The minimum atomic E-state index is -0.506. The quantitative estimate of drug-likeness (QED) is 0.885. The van der Waals surface area contributed by atoms with Gasteiger partial charge in [0.05, 0.1) is 12.1 Å². The maximum Gasteiger partial charge on any atom is 0.256 e.